The lowest BCUT2D eigenvalue weighted by Gasteiger charge is -2.24. The minimum absolute atomic E-state index is 0.589. The Morgan fingerprint density at radius 2 is 1.40 bits per heavy atom. The molecule has 0 bridgehead atoms. The molecule has 1 aliphatic rings. The second-order valence-corrected chi connectivity index (χ2v) is 5.33. The highest BCUT2D eigenvalue weighted by molar-refractivity contribution is 4.89. The molecule has 1 saturated carbocycles. The van der Waals surface area contributed by atoms with E-state index in [1.165, 1.54) is 32.1 Å². The van der Waals surface area contributed by atoms with Gasteiger partial charge in [0.05, 0.1) is 0 Å². The molecule has 0 heterocycles. The van der Waals surface area contributed by atoms with Crippen molar-refractivity contribution in [3.05, 3.63) is 0 Å². The van der Waals surface area contributed by atoms with Crippen LogP contribution in [-0.4, -0.2) is 0 Å². The van der Waals surface area contributed by atoms with Gasteiger partial charge in [-0.25, -0.2) is 0 Å². The second-order valence-electron chi connectivity index (χ2n) is 5.33. The maximum Gasteiger partial charge on any atom is -0.0325 e. The first-order chi connectivity index (χ1) is 6.97. The average Bonchev–Trinajstić information content (AvgIpc) is 3.01. The molecule has 15 heavy (non-hydrogen) atoms. The van der Waals surface area contributed by atoms with Gasteiger partial charge in [0.25, 0.3) is 0 Å². The third kappa shape index (κ3) is 8.96. The molecule has 0 atom stereocenters. The molecule has 0 aromatic carbocycles. The molecule has 0 aliphatic heterocycles. The smallest absolute Gasteiger partial charge is 0.0325 e. The van der Waals surface area contributed by atoms with Gasteiger partial charge in [-0.05, 0) is 36.5 Å². The van der Waals surface area contributed by atoms with Crippen molar-refractivity contribution in [2.45, 2.75) is 87.5 Å². The summed E-state index contributed by atoms with van der Waals surface area (Å²) in [5, 5.41) is 0. The van der Waals surface area contributed by atoms with Crippen LogP contribution in [0.25, 0.3) is 0 Å². The van der Waals surface area contributed by atoms with Gasteiger partial charge < -0.3 is 0 Å². The Bertz CT molecular complexity index is 129. The SMILES string of the molecule is CC.CC.CCC(C)(C)CCC1(C)CC1. The molecule has 0 aromatic heterocycles. The molecule has 0 nitrogen and oxygen atoms in total. The topological polar surface area (TPSA) is 0 Å². The fraction of sp³-hybridized carbons (Fsp3) is 1.00. The number of rotatable bonds is 4. The van der Waals surface area contributed by atoms with Crippen molar-refractivity contribution >= 4 is 0 Å². The molecular weight excluding hydrogens is 180 g/mol. The van der Waals surface area contributed by atoms with Gasteiger partial charge in [-0.15, -0.1) is 0 Å². The van der Waals surface area contributed by atoms with Gasteiger partial charge in [0, 0.05) is 0 Å². The zero-order chi connectivity index (χ0) is 12.5. The lowest BCUT2D eigenvalue weighted by atomic mass is 9.82. The van der Waals surface area contributed by atoms with E-state index >= 15 is 0 Å². The van der Waals surface area contributed by atoms with Crippen LogP contribution >= 0.6 is 0 Å². The van der Waals surface area contributed by atoms with E-state index in [-0.39, 0.29) is 0 Å². The van der Waals surface area contributed by atoms with Gasteiger partial charge in [-0.1, -0.05) is 61.8 Å². The Balaban J connectivity index is 0. The first-order valence-corrected chi connectivity index (χ1v) is 6.97. The largest absolute Gasteiger partial charge is 0.0683 e. The van der Waals surface area contributed by atoms with Gasteiger partial charge in [0.1, 0.15) is 0 Å². The van der Waals surface area contributed by atoms with Crippen LogP contribution in [0, 0.1) is 10.8 Å². The summed E-state index contributed by atoms with van der Waals surface area (Å²) in [6.45, 7) is 17.5. The van der Waals surface area contributed by atoms with Crippen LogP contribution in [0.2, 0.25) is 0 Å². The van der Waals surface area contributed by atoms with Gasteiger partial charge >= 0.3 is 0 Å². The van der Waals surface area contributed by atoms with Gasteiger partial charge in [-0.2, -0.15) is 0 Å². The summed E-state index contributed by atoms with van der Waals surface area (Å²) >= 11 is 0. The predicted octanol–water partition coefficient (Wildman–Crippen LogP) is 6.06. The van der Waals surface area contributed by atoms with E-state index in [4.69, 9.17) is 0 Å². The highest BCUT2D eigenvalue weighted by Crippen LogP contribution is 2.50. The molecule has 0 unspecified atom stereocenters. The van der Waals surface area contributed by atoms with Crippen LogP contribution in [0.15, 0.2) is 0 Å². The molecular formula is C15H34. The fourth-order valence-corrected chi connectivity index (χ4v) is 1.28. The van der Waals surface area contributed by atoms with Crippen LogP contribution in [-0.2, 0) is 0 Å². The zero-order valence-corrected chi connectivity index (χ0v) is 12.5. The van der Waals surface area contributed by atoms with Crippen LogP contribution in [0.4, 0.5) is 0 Å². The van der Waals surface area contributed by atoms with Crippen molar-refractivity contribution in [3.63, 3.8) is 0 Å². The molecule has 0 heteroatoms. The lowest BCUT2D eigenvalue weighted by Crippen LogP contribution is -2.11. The van der Waals surface area contributed by atoms with Crippen LogP contribution in [0.1, 0.15) is 87.5 Å². The molecule has 1 aliphatic carbocycles. The van der Waals surface area contributed by atoms with E-state index < -0.39 is 0 Å². The highest BCUT2D eigenvalue weighted by Gasteiger charge is 2.37. The van der Waals surface area contributed by atoms with Crippen molar-refractivity contribution in [3.8, 4) is 0 Å². The second kappa shape index (κ2) is 8.19. The Morgan fingerprint density at radius 3 is 1.67 bits per heavy atom. The number of hydrogen-bond acceptors (Lipinski definition) is 0. The Kier molecular flexibility index (Phi) is 9.49. The van der Waals surface area contributed by atoms with Crippen molar-refractivity contribution in [2.75, 3.05) is 0 Å². The van der Waals surface area contributed by atoms with E-state index in [0.29, 0.717) is 5.41 Å². The monoisotopic (exact) mass is 214 g/mol. The molecule has 0 saturated heterocycles. The molecule has 0 spiro atoms. The lowest BCUT2D eigenvalue weighted by molar-refractivity contribution is 0.282. The highest BCUT2D eigenvalue weighted by atomic mass is 14.4. The zero-order valence-electron chi connectivity index (χ0n) is 12.5. The van der Waals surface area contributed by atoms with Crippen LogP contribution in [0.3, 0.4) is 0 Å². The molecule has 0 aromatic rings. The predicted molar refractivity (Wildman–Crippen MR) is 73.3 cm³/mol. The molecule has 1 rings (SSSR count). The quantitative estimate of drug-likeness (QED) is 0.534. The summed E-state index contributed by atoms with van der Waals surface area (Å²) in [7, 11) is 0. The Labute approximate surface area is 98.9 Å². The maximum atomic E-state index is 2.43. The van der Waals surface area contributed by atoms with E-state index in [1.807, 2.05) is 27.7 Å². The summed E-state index contributed by atoms with van der Waals surface area (Å²) in [5.41, 5.74) is 1.35. The van der Waals surface area contributed by atoms with Gasteiger partial charge in [0.2, 0.25) is 0 Å². The van der Waals surface area contributed by atoms with Crippen molar-refractivity contribution < 1.29 is 0 Å². The van der Waals surface area contributed by atoms with Crippen molar-refractivity contribution in [2.24, 2.45) is 10.8 Å². The molecule has 1 fully saturated rings. The summed E-state index contributed by atoms with van der Waals surface area (Å²) in [4.78, 5) is 0. The van der Waals surface area contributed by atoms with Crippen LogP contribution in [0.5, 0.6) is 0 Å². The third-order valence-electron chi connectivity index (χ3n) is 3.47. The fourth-order valence-electron chi connectivity index (χ4n) is 1.28. The first kappa shape index (κ1) is 17.4. The normalized spacial score (nSPS) is 16.8. The van der Waals surface area contributed by atoms with Crippen LogP contribution < -0.4 is 0 Å². The van der Waals surface area contributed by atoms with Gasteiger partial charge in [0.15, 0.2) is 0 Å². The molecule has 0 N–H and O–H groups in total. The number of hydrogen-bond donors (Lipinski definition) is 0. The molecule has 0 radical (unpaired) electrons. The average molecular weight is 214 g/mol. The van der Waals surface area contributed by atoms with E-state index in [0.717, 1.165) is 5.41 Å². The van der Waals surface area contributed by atoms with E-state index in [9.17, 15) is 0 Å². The minimum atomic E-state index is 0.589. The van der Waals surface area contributed by atoms with Crippen molar-refractivity contribution in [1.29, 1.82) is 0 Å². The van der Waals surface area contributed by atoms with E-state index in [2.05, 4.69) is 27.7 Å². The van der Waals surface area contributed by atoms with E-state index in [1.54, 1.807) is 0 Å². The first-order valence-electron chi connectivity index (χ1n) is 6.97. The summed E-state index contributed by atoms with van der Waals surface area (Å²) < 4.78 is 0. The minimum Gasteiger partial charge on any atom is -0.0683 e. The Morgan fingerprint density at radius 1 is 1.00 bits per heavy atom. The third-order valence-corrected chi connectivity index (χ3v) is 3.47. The summed E-state index contributed by atoms with van der Waals surface area (Å²) in [6, 6.07) is 0. The van der Waals surface area contributed by atoms with Gasteiger partial charge in [-0.3, -0.25) is 0 Å². The Hall–Kier alpha value is 0. The molecule has 94 valence electrons. The molecule has 0 amide bonds. The van der Waals surface area contributed by atoms with Crippen molar-refractivity contribution in [1.82, 2.24) is 0 Å². The summed E-state index contributed by atoms with van der Waals surface area (Å²) in [5.74, 6) is 0. The maximum absolute atomic E-state index is 2.43. The standard InChI is InChI=1S/C11H22.2C2H6/c1-5-10(2,3)6-7-11(4)8-9-11;2*1-2/h5-9H2,1-4H3;2*1-2H3. The summed E-state index contributed by atoms with van der Waals surface area (Å²) in [6.07, 6.45) is 7.15.